The van der Waals surface area contributed by atoms with Gasteiger partial charge in [-0.2, -0.15) is 24.9 Å². The first kappa shape index (κ1) is 12.0. The second-order valence-corrected chi connectivity index (χ2v) is 5.90. The third-order valence-electron chi connectivity index (χ3n) is 2.47. The fraction of sp³-hybridized carbons (Fsp3) is 0.750. The molecule has 90 valence electrons. The molecule has 1 aromatic heterocycles. The predicted octanol–water partition coefficient (Wildman–Crippen LogP) is 2.86. The van der Waals surface area contributed by atoms with Crippen molar-refractivity contribution in [2.24, 2.45) is 0 Å². The van der Waals surface area contributed by atoms with Gasteiger partial charge in [0.05, 0.1) is 0 Å². The lowest BCUT2D eigenvalue weighted by Crippen LogP contribution is -2.17. The number of alkyl halides is 3. The minimum absolute atomic E-state index is 0.198. The lowest BCUT2D eigenvalue weighted by Gasteiger charge is -2.11. The Kier molecular flexibility index (Phi) is 3.04. The van der Waals surface area contributed by atoms with Crippen molar-refractivity contribution in [1.82, 2.24) is 10.2 Å². The molecular weight excluding hydrogens is 259 g/mol. The summed E-state index contributed by atoms with van der Waals surface area (Å²) in [4.78, 5) is 0. The Morgan fingerprint density at radius 2 is 2.12 bits per heavy atom. The minimum Gasteiger partial charge on any atom is -0.359 e. The van der Waals surface area contributed by atoms with Crippen molar-refractivity contribution >= 4 is 28.2 Å². The first-order valence-corrected chi connectivity index (χ1v) is 6.69. The van der Waals surface area contributed by atoms with Gasteiger partial charge in [-0.05, 0) is 19.1 Å². The summed E-state index contributed by atoms with van der Waals surface area (Å²) in [6, 6.07) is 0. The number of hydrogen-bond donors (Lipinski definition) is 1. The number of aromatic nitrogens is 2. The van der Waals surface area contributed by atoms with Gasteiger partial charge in [-0.25, -0.2) is 0 Å². The van der Waals surface area contributed by atoms with E-state index < -0.39 is 11.2 Å². The van der Waals surface area contributed by atoms with Gasteiger partial charge in [0.1, 0.15) is 0 Å². The van der Waals surface area contributed by atoms with Crippen molar-refractivity contribution in [3.05, 3.63) is 5.01 Å². The smallest absolute Gasteiger partial charge is 0.359 e. The molecule has 0 aliphatic heterocycles. The maximum absolute atomic E-state index is 12.2. The van der Waals surface area contributed by atoms with E-state index in [1.807, 2.05) is 6.26 Å². The van der Waals surface area contributed by atoms with E-state index in [2.05, 4.69) is 15.5 Å². The molecule has 0 unspecified atom stereocenters. The zero-order valence-corrected chi connectivity index (χ0v) is 10.1. The SMILES string of the molecule is CSC1(CNc2nnc(C(F)(F)F)s2)CC1. The first-order chi connectivity index (χ1) is 7.45. The lowest BCUT2D eigenvalue weighted by molar-refractivity contribution is -0.138. The highest BCUT2D eigenvalue weighted by Crippen LogP contribution is 2.47. The molecular formula is C8H10F3N3S2. The van der Waals surface area contributed by atoms with Crippen LogP contribution in [0.5, 0.6) is 0 Å². The molecule has 1 saturated carbocycles. The summed E-state index contributed by atoms with van der Waals surface area (Å²) >= 11 is 2.29. The summed E-state index contributed by atoms with van der Waals surface area (Å²) in [6.07, 6.45) is -0.178. The van der Waals surface area contributed by atoms with Crippen LogP contribution in [-0.2, 0) is 6.18 Å². The fourth-order valence-electron chi connectivity index (χ4n) is 1.24. The van der Waals surface area contributed by atoms with Crippen molar-refractivity contribution in [3.8, 4) is 0 Å². The van der Waals surface area contributed by atoms with Crippen LogP contribution in [0.25, 0.3) is 0 Å². The largest absolute Gasteiger partial charge is 0.445 e. The Balaban J connectivity index is 1.93. The van der Waals surface area contributed by atoms with Gasteiger partial charge in [0.15, 0.2) is 0 Å². The molecule has 0 bridgehead atoms. The molecule has 3 nitrogen and oxygen atoms in total. The molecule has 1 aliphatic carbocycles. The molecule has 2 rings (SSSR count). The van der Waals surface area contributed by atoms with Crippen LogP contribution in [0.4, 0.5) is 18.3 Å². The van der Waals surface area contributed by atoms with Gasteiger partial charge < -0.3 is 5.32 Å². The normalized spacial score (nSPS) is 18.5. The van der Waals surface area contributed by atoms with Crippen molar-refractivity contribution in [3.63, 3.8) is 0 Å². The van der Waals surface area contributed by atoms with Crippen LogP contribution in [0, 0.1) is 0 Å². The third-order valence-corrected chi connectivity index (χ3v) is 4.81. The van der Waals surface area contributed by atoms with Gasteiger partial charge in [-0.15, -0.1) is 10.2 Å². The summed E-state index contributed by atoms with van der Waals surface area (Å²) in [7, 11) is 0. The van der Waals surface area contributed by atoms with E-state index in [1.54, 1.807) is 11.8 Å². The molecule has 0 atom stereocenters. The number of nitrogens with one attached hydrogen (secondary N) is 1. The Bertz CT molecular complexity index is 373. The Morgan fingerprint density at radius 1 is 1.44 bits per heavy atom. The quantitative estimate of drug-likeness (QED) is 0.912. The molecule has 1 aliphatic rings. The van der Waals surface area contributed by atoms with Gasteiger partial charge in [0.25, 0.3) is 0 Å². The van der Waals surface area contributed by atoms with E-state index in [1.165, 1.54) is 0 Å². The van der Waals surface area contributed by atoms with Crippen LogP contribution >= 0.6 is 23.1 Å². The zero-order valence-electron chi connectivity index (χ0n) is 8.47. The standard InChI is InChI=1S/C8H10F3N3S2/c1-15-7(2-3-7)4-12-6-14-13-5(16-6)8(9,10)11/h2-4H2,1H3,(H,12,14). The number of nitrogens with zero attached hydrogens (tertiary/aromatic N) is 2. The summed E-state index contributed by atoms with van der Waals surface area (Å²) in [5, 5.41) is 8.84. The monoisotopic (exact) mass is 269 g/mol. The van der Waals surface area contributed by atoms with Gasteiger partial charge in [0.2, 0.25) is 10.1 Å². The average molecular weight is 269 g/mol. The van der Waals surface area contributed by atoms with Gasteiger partial charge in [-0.1, -0.05) is 11.3 Å². The average Bonchev–Trinajstić information content (AvgIpc) is 2.83. The van der Waals surface area contributed by atoms with E-state index >= 15 is 0 Å². The van der Waals surface area contributed by atoms with Crippen LogP contribution in [0.3, 0.4) is 0 Å². The van der Waals surface area contributed by atoms with Crippen LogP contribution in [0.2, 0.25) is 0 Å². The summed E-state index contributed by atoms with van der Waals surface area (Å²) in [6.45, 7) is 0.653. The number of rotatable bonds is 4. The molecule has 16 heavy (non-hydrogen) atoms. The van der Waals surface area contributed by atoms with Crippen molar-refractivity contribution in [1.29, 1.82) is 0 Å². The molecule has 1 heterocycles. The maximum atomic E-state index is 12.2. The fourth-order valence-corrected chi connectivity index (χ4v) is 2.57. The minimum atomic E-state index is -4.39. The van der Waals surface area contributed by atoms with E-state index in [0.29, 0.717) is 17.9 Å². The number of halogens is 3. The number of anilines is 1. The van der Waals surface area contributed by atoms with Crippen LogP contribution in [-0.4, -0.2) is 27.7 Å². The number of thioether (sulfide) groups is 1. The summed E-state index contributed by atoms with van der Waals surface area (Å²) in [5.74, 6) is 0. The molecule has 8 heteroatoms. The summed E-state index contributed by atoms with van der Waals surface area (Å²) in [5.41, 5.74) is 0. The highest BCUT2D eigenvalue weighted by atomic mass is 32.2. The molecule has 1 fully saturated rings. The molecule has 0 aromatic carbocycles. The van der Waals surface area contributed by atoms with Gasteiger partial charge >= 0.3 is 6.18 Å². The van der Waals surface area contributed by atoms with E-state index in [0.717, 1.165) is 12.8 Å². The molecule has 0 radical (unpaired) electrons. The maximum Gasteiger partial charge on any atom is 0.445 e. The van der Waals surface area contributed by atoms with Crippen LogP contribution < -0.4 is 5.32 Å². The second kappa shape index (κ2) is 4.06. The zero-order chi connectivity index (χ0) is 11.8. The lowest BCUT2D eigenvalue weighted by atomic mass is 10.4. The molecule has 0 spiro atoms. The van der Waals surface area contributed by atoms with E-state index in [-0.39, 0.29) is 9.88 Å². The van der Waals surface area contributed by atoms with Crippen molar-refractivity contribution in [2.45, 2.75) is 23.8 Å². The van der Waals surface area contributed by atoms with Gasteiger partial charge in [0, 0.05) is 11.3 Å². The first-order valence-electron chi connectivity index (χ1n) is 4.65. The van der Waals surface area contributed by atoms with Crippen molar-refractivity contribution in [2.75, 3.05) is 18.1 Å². The molecule has 0 saturated heterocycles. The van der Waals surface area contributed by atoms with E-state index in [4.69, 9.17) is 0 Å². The summed E-state index contributed by atoms with van der Waals surface area (Å²) < 4.78 is 36.9. The Labute approximate surface area is 98.8 Å². The molecule has 1 N–H and O–H groups in total. The second-order valence-electron chi connectivity index (χ2n) is 3.65. The van der Waals surface area contributed by atoms with Crippen molar-refractivity contribution < 1.29 is 13.2 Å². The predicted molar refractivity (Wildman–Crippen MR) is 58.9 cm³/mol. The van der Waals surface area contributed by atoms with Crippen LogP contribution in [0.15, 0.2) is 0 Å². The highest BCUT2D eigenvalue weighted by molar-refractivity contribution is 8.00. The highest BCUT2D eigenvalue weighted by Gasteiger charge is 2.42. The topological polar surface area (TPSA) is 37.8 Å². The Morgan fingerprint density at radius 3 is 2.56 bits per heavy atom. The Hall–Kier alpha value is -0.500. The van der Waals surface area contributed by atoms with Crippen LogP contribution in [0.1, 0.15) is 17.8 Å². The molecule has 1 aromatic rings. The third kappa shape index (κ3) is 2.60. The van der Waals surface area contributed by atoms with Gasteiger partial charge in [-0.3, -0.25) is 0 Å². The molecule has 0 amide bonds. The number of hydrogen-bond acceptors (Lipinski definition) is 5. The van der Waals surface area contributed by atoms with E-state index in [9.17, 15) is 13.2 Å².